The molecule has 4 heterocycles. The second-order valence-electron chi connectivity index (χ2n) is 10.1. The van der Waals surface area contributed by atoms with Gasteiger partial charge < -0.3 is 20.2 Å². The Labute approximate surface area is 188 Å². The smallest absolute Gasteiger partial charge is 0.368 e. The number of amides is 1. The summed E-state index contributed by atoms with van der Waals surface area (Å²) in [5.74, 6) is -1.88. The lowest BCUT2D eigenvalue weighted by atomic mass is 9.53. The first-order valence-corrected chi connectivity index (χ1v) is 11.7. The molecule has 1 aliphatic carbocycles. The standard InChI is InChI=1S/C23H35FN4O4/c1-4-21(3,5-2)22-12-16(13-22)28(14-22)15-8-10-27(11-9-15)18-7-6-17(25-19(18)24)20(29)26-23(30,31)32/h6-7,15-16,30-32H,4-5,8-14H2,1-3H3,(H,26,29). The number of carbonyl (C=O) groups is 1. The van der Waals surface area contributed by atoms with Crippen LogP contribution in [-0.2, 0) is 0 Å². The van der Waals surface area contributed by atoms with Crippen molar-refractivity contribution in [1.82, 2.24) is 15.2 Å². The van der Waals surface area contributed by atoms with E-state index in [9.17, 15) is 9.18 Å². The van der Waals surface area contributed by atoms with Crippen molar-refractivity contribution in [2.45, 2.75) is 77.5 Å². The van der Waals surface area contributed by atoms with Crippen molar-refractivity contribution in [3.63, 3.8) is 0 Å². The lowest BCUT2D eigenvalue weighted by Crippen LogP contribution is -2.48. The van der Waals surface area contributed by atoms with Gasteiger partial charge in [-0.3, -0.25) is 15.0 Å². The summed E-state index contributed by atoms with van der Waals surface area (Å²) in [6, 6.07) is 3.99. The van der Waals surface area contributed by atoms with Gasteiger partial charge in [-0.25, -0.2) is 4.98 Å². The molecule has 178 valence electrons. The second-order valence-corrected chi connectivity index (χ2v) is 10.1. The van der Waals surface area contributed by atoms with E-state index in [-0.39, 0.29) is 5.69 Å². The highest BCUT2D eigenvalue weighted by molar-refractivity contribution is 5.92. The summed E-state index contributed by atoms with van der Waals surface area (Å²) < 4.78 is 14.6. The number of fused-ring (bicyclic) bond motifs is 1. The number of hydrogen-bond donors (Lipinski definition) is 4. The Balaban J connectivity index is 1.36. The summed E-state index contributed by atoms with van der Waals surface area (Å²) in [6.45, 7) is 9.71. The SMILES string of the molecule is CCC(C)(CC)C12CC(C1)N(C1CCN(c3ccc(C(=O)NC(O)(O)O)nc3F)CC1)C2. The number of hydrogen-bond acceptors (Lipinski definition) is 7. The number of rotatable bonds is 7. The molecule has 1 saturated carbocycles. The van der Waals surface area contributed by atoms with Gasteiger partial charge >= 0.3 is 6.10 Å². The summed E-state index contributed by atoms with van der Waals surface area (Å²) in [7, 11) is 0. The predicted octanol–water partition coefficient (Wildman–Crippen LogP) is 1.80. The van der Waals surface area contributed by atoms with Crippen LogP contribution in [0.15, 0.2) is 12.1 Å². The van der Waals surface area contributed by atoms with E-state index in [1.807, 2.05) is 4.90 Å². The quantitative estimate of drug-likeness (QED) is 0.370. The van der Waals surface area contributed by atoms with Crippen LogP contribution in [0.25, 0.3) is 0 Å². The summed E-state index contributed by atoms with van der Waals surface area (Å²) in [4.78, 5) is 20.1. The van der Waals surface area contributed by atoms with Gasteiger partial charge in [0.05, 0.1) is 5.69 Å². The molecule has 0 aromatic carbocycles. The molecule has 32 heavy (non-hydrogen) atoms. The minimum atomic E-state index is -3.38. The fourth-order valence-corrected chi connectivity index (χ4v) is 6.24. The first-order valence-electron chi connectivity index (χ1n) is 11.7. The van der Waals surface area contributed by atoms with Crippen molar-refractivity contribution in [3.05, 3.63) is 23.8 Å². The van der Waals surface area contributed by atoms with Crippen molar-refractivity contribution in [2.75, 3.05) is 24.5 Å². The van der Waals surface area contributed by atoms with Crippen LogP contribution in [0.5, 0.6) is 0 Å². The van der Waals surface area contributed by atoms with Gasteiger partial charge in [-0.2, -0.15) is 4.39 Å². The van der Waals surface area contributed by atoms with Gasteiger partial charge in [-0.1, -0.05) is 33.6 Å². The Morgan fingerprint density at radius 3 is 2.34 bits per heavy atom. The second kappa shape index (κ2) is 8.20. The van der Waals surface area contributed by atoms with E-state index in [0.717, 1.165) is 25.9 Å². The van der Waals surface area contributed by atoms with Crippen molar-refractivity contribution < 1.29 is 24.5 Å². The average Bonchev–Trinajstić information content (AvgIpc) is 3.30. The Morgan fingerprint density at radius 1 is 1.19 bits per heavy atom. The Kier molecular flexibility index (Phi) is 5.98. The molecule has 0 radical (unpaired) electrons. The normalized spacial score (nSPS) is 26.8. The fraction of sp³-hybridized carbons (Fsp3) is 0.739. The third-order valence-corrected chi connectivity index (χ3v) is 8.67. The van der Waals surface area contributed by atoms with E-state index < -0.39 is 18.0 Å². The minimum Gasteiger partial charge on any atom is -0.368 e. The average molecular weight is 451 g/mol. The monoisotopic (exact) mass is 450 g/mol. The molecule has 3 aliphatic heterocycles. The minimum absolute atomic E-state index is 0.329. The van der Waals surface area contributed by atoms with Gasteiger partial charge in [0, 0.05) is 31.7 Å². The molecule has 1 aromatic rings. The van der Waals surface area contributed by atoms with E-state index in [0.29, 0.717) is 28.6 Å². The highest BCUT2D eigenvalue weighted by Crippen LogP contribution is 2.64. The van der Waals surface area contributed by atoms with Crippen LogP contribution in [0.2, 0.25) is 0 Å². The van der Waals surface area contributed by atoms with Crippen molar-refractivity contribution >= 4 is 11.6 Å². The van der Waals surface area contributed by atoms with Gasteiger partial charge in [0.15, 0.2) is 0 Å². The highest BCUT2D eigenvalue weighted by atomic mass is 19.1. The zero-order chi connectivity index (χ0) is 23.3. The van der Waals surface area contributed by atoms with Crippen LogP contribution in [-0.4, -0.2) is 68.9 Å². The predicted molar refractivity (Wildman–Crippen MR) is 117 cm³/mol. The number of anilines is 1. The molecule has 9 heteroatoms. The first-order chi connectivity index (χ1) is 15.0. The van der Waals surface area contributed by atoms with Gasteiger partial charge in [0.2, 0.25) is 5.95 Å². The molecule has 5 rings (SSSR count). The van der Waals surface area contributed by atoms with Crippen LogP contribution in [0, 0.1) is 16.8 Å². The van der Waals surface area contributed by atoms with Gasteiger partial charge in [0.1, 0.15) is 5.69 Å². The molecule has 4 fully saturated rings. The fourth-order valence-electron chi connectivity index (χ4n) is 6.24. The lowest BCUT2D eigenvalue weighted by molar-refractivity contribution is -0.323. The highest BCUT2D eigenvalue weighted by Gasteiger charge is 2.62. The summed E-state index contributed by atoms with van der Waals surface area (Å²) in [5, 5.41) is 28.1. The van der Waals surface area contributed by atoms with Crippen LogP contribution >= 0.6 is 0 Å². The topological polar surface area (TPSA) is 109 Å². The van der Waals surface area contributed by atoms with Crippen molar-refractivity contribution in [1.29, 1.82) is 0 Å². The Hall–Kier alpha value is -1.81. The molecular formula is C23H35FN4O4. The van der Waals surface area contributed by atoms with Gasteiger partial charge in [0.25, 0.3) is 5.91 Å². The van der Waals surface area contributed by atoms with Crippen LogP contribution in [0.4, 0.5) is 10.1 Å². The molecule has 1 aromatic heterocycles. The summed E-state index contributed by atoms with van der Waals surface area (Å²) in [6.07, 6.45) is 3.61. The van der Waals surface area contributed by atoms with Crippen LogP contribution < -0.4 is 10.2 Å². The number of halogens is 1. The Morgan fingerprint density at radius 2 is 1.81 bits per heavy atom. The van der Waals surface area contributed by atoms with E-state index in [1.165, 1.54) is 49.7 Å². The molecule has 4 N–H and O–H groups in total. The first kappa shape index (κ1) is 23.4. The zero-order valence-corrected chi connectivity index (χ0v) is 19.1. The summed E-state index contributed by atoms with van der Waals surface area (Å²) in [5.41, 5.74) is 0.846. The summed E-state index contributed by atoms with van der Waals surface area (Å²) >= 11 is 0. The molecule has 3 saturated heterocycles. The van der Waals surface area contributed by atoms with E-state index in [1.54, 1.807) is 0 Å². The number of pyridine rings is 1. The van der Waals surface area contributed by atoms with Crippen LogP contribution in [0.3, 0.4) is 0 Å². The lowest BCUT2D eigenvalue weighted by Gasteiger charge is -2.51. The maximum atomic E-state index is 14.6. The molecular weight excluding hydrogens is 415 g/mol. The number of piperidine rings is 1. The number of nitrogens with one attached hydrogen (secondary N) is 1. The molecule has 4 aliphatic rings. The largest absolute Gasteiger partial charge is 0.369 e. The third kappa shape index (κ3) is 4.00. The number of aromatic nitrogens is 1. The molecule has 2 bridgehead atoms. The van der Waals surface area contributed by atoms with E-state index in [2.05, 4.69) is 30.7 Å². The molecule has 1 amide bonds. The van der Waals surface area contributed by atoms with Gasteiger partial charge in [-0.05, 0) is 48.6 Å². The van der Waals surface area contributed by atoms with Crippen molar-refractivity contribution in [3.8, 4) is 0 Å². The van der Waals surface area contributed by atoms with Gasteiger partial charge in [-0.15, -0.1) is 0 Å². The Bertz CT molecular complexity index is 856. The molecule has 0 spiro atoms. The molecule has 0 unspecified atom stereocenters. The number of nitrogens with zero attached hydrogens (tertiary/aromatic N) is 3. The van der Waals surface area contributed by atoms with Crippen LogP contribution in [0.1, 0.15) is 69.8 Å². The number of aliphatic hydroxyl groups is 3. The number of carbonyl (C=O) groups excluding carboxylic acids is 1. The van der Waals surface area contributed by atoms with E-state index in [4.69, 9.17) is 15.3 Å². The third-order valence-electron chi connectivity index (χ3n) is 8.67. The maximum Gasteiger partial charge on any atom is 0.369 e. The molecule has 0 atom stereocenters. The maximum absolute atomic E-state index is 14.6. The molecule has 8 nitrogen and oxygen atoms in total. The van der Waals surface area contributed by atoms with E-state index >= 15 is 0 Å². The van der Waals surface area contributed by atoms with Crippen molar-refractivity contribution in [2.24, 2.45) is 10.8 Å². The zero-order valence-electron chi connectivity index (χ0n) is 19.1.